The largest absolute Gasteiger partial charge is 0.378 e. The van der Waals surface area contributed by atoms with Crippen molar-refractivity contribution >= 4 is 51.2 Å². The number of rotatable bonds is 10. The van der Waals surface area contributed by atoms with Crippen LogP contribution >= 0.6 is 23.2 Å². The van der Waals surface area contributed by atoms with Gasteiger partial charge in [-0.25, -0.2) is 9.07 Å². The molecule has 12 heteroatoms. The summed E-state index contributed by atoms with van der Waals surface area (Å²) in [7, 11) is 0. The van der Waals surface area contributed by atoms with E-state index >= 15 is 0 Å². The minimum absolute atomic E-state index is 0.0391. The van der Waals surface area contributed by atoms with E-state index in [1.165, 1.54) is 18.3 Å². The molecule has 0 bridgehead atoms. The number of ether oxygens (including phenoxy) is 1. The van der Waals surface area contributed by atoms with Crippen LogP contribution in [0.1, 0.15) is 30.3 Å². The first-order chi connectivity index (χ1) is 22.3. The number of hydrogen-bond donors (Lipinski definition) is 2. The second kappa shape index (κ2) is 12.5. The molecule has 2 unspecified atom stereocenters. The predicted octanol–water partition coefficient (Wildman–Crippen LogP) is 7.23. The maximum absolute atomic E-state index is 13.9. The molecule has 2 saturated heterocycles. The third kappa shape index (κ3) is 5.76. The molecule has 2 aromatic carbocycles. The average Bonchev–Trinajstić information content (AvgIpc) is 3.32. The maximum atomic E-state index is 13.9. The van der Waals surface area contributed by atoms with Gasteiger partial charge >= 0.3 is 0 Å². The number of hydrogen-bond acceptors (Lipinski definition) is 8. The van der Waals surface area contributed by atoms with Gasteiger partial charge in [0.1, 0.15) is 17.6 Å². The van der Waals surface area contributed by atoms with Crippen molar-refractivity contribution in [2.24, 2.45) is 11.8 Å². The fourth-order valence-corrected chi connectivity index (χ4v) is 6.86. The molecule has 4 aromatic rings. The summed E-state index contributed by atoms with van der Waals surface area (Å²) in [5.74, 6) is 0.605. The molecule has 3 atom stereocenters. The molecule has 2 N–H and O–H groups in total. The molecular formula is C34H31Cl2FN8O. The number of nitrogens with one attached hydrogen (secondary N) is 2. The molecule has 1 saturated carbocycles. The minimum Gasteiger partial charge on any atom is -0.378 e. The summed E-state index contributed by atoms with van der Waals surface area (Å²) >= 11 is 12.8. The standard InChI is InChI=1S/C34H31Cl2FN8O/c1-3-4-5-6-19(2)31(30-16-45(43-42-30)34-25-14-44(15-26(25)34)23-17-46-18-23)41-22-9-24-32(40-21-7-8-29(37)27(35)10-21)20(12-38)13-39-33(24)28(36)11-22/h3-11,13,16,23,25-26,31,34,41H,2,14-15,17-18H2,1H3,(H,39,40)/b4-3-,6-5-/t25?,26?,31-,34?/m0/s1. The van der Waals surface area contributed by atoms with E-state index in [0.29, 0.717) is 56.9 Å². The van der Waals surface area contributed by atoms with Gasteiger partial charge < -0.3 is 15.4 Å². The van der Waals surface area contributed by atoms with Gasteiger partial charge in [0.15, 0.2) is 0 Å². The number of piperidine rings is 1. The summed E-state index contributed by atoms with van der Waals surface area (Å²) in [5.41, 5.74) is 3.93. The van der Waals surface area contributed by atoms with E-state index in [1.54, 1.807) is 12.1 Å². The first kappa shape index (κ1) is 30.4. The Balaban J connectivity index is 1.20. The van der Waals surface area contributed by atoms with Crippen LogP contribution in [-0.4, -0.2) is 57.2 Å². The van der Waals surface area contributed by atoms with Crippen molar-refractivity contribution in [3.05, 3.63) is 106 Å². The molecule has 7 rings (SSSR count). The molecule has 0 radical (unpaired) electrons. The molecule has 1 aliphatic carbocycles. The normalized spacial score (nSPS) is 21.8. The maximum Gasteiger partial charge on any atom is 0.141 e. The van der Waals surface area contributed by atoms with Crippen molar-refractivity contribution in [2.75, 3.05) is 36.9 Å². The zero-order chi connectivity index (χ0) is 31.9. The average molecular weight is 658 g/mol. The highest BCUT2D eigenvalue weighted by atomic mass is 35.5. The summed E-state index contributed by atoms with van der Waals surface area (Å²) in [6, 6.07) is 10.6. The molecule has 234 valence electrons. The van der Waals surface area contributed by atoms with Gasteiger partial charge in [-0.3, -0.25) is 9.88 Å². The third-order valence-electron chi connectivity index (χ3n) is 8.97. The number of allylic oxidation sites excluding steroid dienone is 3. The van der Waals surface area contributed by atoms with Crippen LogP contribution in [0.25, 0.3) is 10.9 Å². The summed E-state index contributed by atoms with van der Waals surface area (Å²) < 4.78 is 21.2. The van der Waals surface area contributed by atoms with Gasteiger partial charge in [0, 0.05) is 47.9 Å². The Kier molecular flexibility index (Phi) is 8.25. The molecule has 9 nitrogen and oxygen atoms in total. The van der Waals surface area contributed by atoms with Gasteiger partial charge in [0.25, 0.3) is 0 Å². The predicted molar refractivity (Wildman–Crippen MR) is 178 cm³/mol. The van der Waals surface area contributed by atoms with E-state index in [0.717, 1.165) is 37.6 Å². The van der Waals surface area contributed by atoms with E-state index in [1.807, 2.05) is 48.2 Å². The Bertz CT molecular complexity index is 1920. The Morgan fingerprint density at radius 2 is 1.93 bits per heavy atom. The molecule has 3 fully saturated rings. The van der Waals surface area contributed by atoms with Crippen LogP contribution in [0.5, 0.6) is 0 Å². The van der Waals surface area contributed by atoms with E-state index in [-0.39, 0.29) is 10.6 Å². The molecule has 0 amide bonds. The zero-order valence-electron chi connectivity index (χ0n) is 25.0. The van der Waals surface area contributed by atoms with Gasteiger partial charge in [-0.2, -0.15) is 5.26 Å². The van der Waals surface area contributed by atoms with Crippen LogP contribution in [0.15, 0.2) is 79.2 Å². The Morgan fingerprint density at radius 3 is 2.63 bits per heavy atom. The highest BCUT2D eigenvalue weighted by molar-refractivity contribution is 6.36. The van der Waals surface area contributed by atoms with E-state index in [4.69, 9.17) is 27.9 Å². The minimum atomic E-state index is -0.538. The second-order valence-corrected chi connectivity index (χ2v) is 12.7. The molecule has 46 heavy (non-hydrogen) atoms. The Labute approximate surface area is 275 Å². The summed E-state index contributed by atoms with van der Waals surface area (Å²) in [5, 5.41) is 26.8. The summed E-state index contributed by atoms with van der Waals surface area (Å²) in [6.07, 6.45) is 11.2. The lowest BCUT2D eigenvalue weighted by molar-refractivity contribution is -0.0617. The Hall–Kier alpha value is -4.27. The number of nitriles is 1. The van der Waals surface area contributed by atoms with Gasteiger partial charge in [-0.1, -0.05) is 59.3 Å². The molecular weight excluding hydrogens is 626 g/mol. The first-order valence-corrected chi connectivity index (χ1v) is 15.8. The van der Waals surface area contributed by atoms with E-state index < -0.39 is 11.9 Å². The van der Waals surface area contributed by atoms with Gasteiger partial charge in [-0.15, -0.1) is 5.10 Å². The highest BCUT2D eigenvalue weighted by Crippen LogP contribution is 2.55. The van der Waals surface area contributed by atoms with Crippen molar-refractivity contribution < 1.29 is 9.13 Å². The van der Waals surface area contributed by atoms with Gasteiger partial charge in [0.05, 0.1) is 64.3 Å². The number of halogens is 3. The summed E-state index contributed by atoms with van der Waals surface area (Å²) in [4.78, 5) is 6.99. The number of nitrogens with zero attached hydrogens (tertiary/aromatic N) is 6. The van der Waals surface area contributed by atoms with Crippen molar-refractivity contribution in [1.82, 2.24) is 24.9 Å². The first-order valence-electron chi connectivity index (χ1n) is 15.1. The van der Waals surface area contributed by atoms with Crippen LogP contribution in [0, 0.1) is 29.0 Å². The zero-order valence-corrected chi connectivity index (χ0v) is 26.5. The lowest BCUT2D eigenvalue weighted by Gasteiger charge is -2.35. The molecule has 3 aliphatic rings. The van der Waals surface area contributed by atoms with Crippen LogP contribution < -0.4 is 10.6 Å². The molecule has 0 spiro atoms. The summed E-state index contributed by atoms with van der Waals surface area (Å²) in [6.45, 7) is 10.1. The second-order valence-electron chi connectivity index (χ2n) is 11.9. The molecule has 4 heterocycles. The van der Waals surface area contributed by atoms with Crippen molar-refractivity contribution in [1.29, 1.82) is 5.26 Å². The quantitative estimate of drug-likeness (QED) is 0.172. The van der Waals surface area contributed by atoms with Crippen LogP contribution in [0.4, 0.5) is 21.5 Å². The van der Waals surface area contributed by atoms with Gasteiger partial charge in [0.2, 0.25) is 0 Å². The van der Waals surface area contributed by atoms with Gasteiger partial charge in [-0.05, 0) is 42.8 Å². The van der Waals surface area contributed by atoms with Crippen molar-refractivity contribution in [3.8, 4) is 6.07 Å². The van der Waals surface area contributed by atoms with Crippen LogP contribution in [0.3, 0.4) is 0 Å². The number of benzene rings is 2. The molecule has 2 aliphatic heterocycles. The number of anilines is 3. The number of aromatic nitrogens is 4. The fraction of sp³-hybridized carbons (Fsp3) is 0.294. The number of fused-ring (bicyclic) bond motifs is 2. The third-order valence-corrected chi connectivity index (χ3v) is 9.55. The van der Waals surface area contributed by atoms with Crippen molar-refractivity contribution in [2.45, 2.75) is 25.0 Å². The van der Waals surface area contributed by atoms with E-state index in [9.17, 15) is 9.65 Å². The fourth-order valence-electron chi connectivity index (χ4n) is 6.41. The van der Waals surface area contributed by atoms with Crippen LogP contribution in [-0.2, 0) is 4.74 Å². The Morgan fingerprint density at radius 1 is 1.15 bits per heavy atom. The molecule has 2 aromatic heterocycles. The number of likely N-dealkylation sites (tertiary alicyclic amines) is 1. The van der Waals surface area contributed by atoms with Crippen LogP contribution in [0.2, 0.25) is 10.0 Å². The highest BCUT2D eigenvalue weighted by Gasteiger charge is 2.58. The number of pyridine rings is 1. The lowest BCUT2D eigenvalue weighted by atomic mass is 10.0. The van der Waals surface area contributed by atoms with Crippen molar-refractivity contribution in [3.63, 3.8) is 0 Å². The SMILES string of the molecule is C=C(/C=C\C=C/C)[C@H](Nc1cc(Cl)c2ncc(C#N)c(Nc3ccc(F)c(Cl)c3)c2c1)c1cn(C2C3CN(C4COC4)CC32)nn1. The van der Waals surface area contributed by atoms with E-state index in [2.05, 4.69) is 43.5 Å². The lowest BCUT2D eigenvalue weighted by Crippen LogP contribution is -2.49. The monoisotopic (exact) mass is 656 g/mol. The topological polar surface area (TPSA) is 104 Å². The smallest absolute Gasteiger partial charge is 0.141 e.